The maximum atomic E-state index is 11.1. The Labute approximate surface area is 110 Å². The lowest BCUT2D eigenvalue weighted by Gasteiger charge is -2.45. The Hall–Kier alpha value is -0.0400. The van der Waals surface area contributed by atoms with Crippen molar-refractivity contribution in [2.24, 2.45) is 0 Å². The molecule has 100 valence electrons. The van der Waals surface area contributed by atoms with E-state index in [-0.39, 0.29) is 4.43 Å². The molecule has 0 radical (unpaired) electrons. The molecular weight excluding hydrogens is 349 g/mol. The van der Waals surface area contributed by atoms with Crippen molar-refractivity contribution in [2.75, 3.05) is 11.0 Å². The third-order valence-electron chi connectivity index (χ3n) is 2.41. The van der Waals surface area contributed by atoms with Crippen molar-refractivity contribution < 1.29 is 35.1 Å². The highest BCUT2D eigenvalue weighted by Gasteiger charge is 2.53. The van der Waals surface area contributed by atoms with E-state index < -0.39 is 42.8 Å². The van der Waals surface area contributed by atoms with Crippen molar-refractivity contribution in [3.8, 4) is 0 Å². The summed E-state index contributed by atoms with van der Waals surface area (Å²) in [5.41, 5.74) is 0. The van der Waals surface area contributed by atoms with Gasteiger partial charge in [-0.1, -0.05) is 22.6 Å². The van der Waals surface area contributed by atoms with Gasteiger partial charge in [0.05, 0.1) is 11.0 Å². The van der Waals surface area contributed by atoms with E-state index in [4.69, 9.17) is 9.84 Å². The summed E-state index contributed by atoms with van der Waals surface area (Å²) in [5, 5.41) is 49.1. The molecule has 1 aliphatic rings. The molecule has 5 atom stereocenters. The van der Waals surface area contributed by atoms with Gasteiger partial charge in [-0.15, -0.1) is 0 Å². The second kappa shape index (κ2) is 5.73. The minimum atomic E-state index is -2.53. The number of carbonyl (C=O) groups excluding carboxylic acids is 1. The van der Waals surface area contributed by atoms with Gasteiger partial charge in [-0.25, -0.2) is 0 Å². The van der Waals surface area contributed by atoms with Gasteiger partial charge in [-0.05, 0) is 0 Å². The smallest absolute Gasteiger partial charge is 0.279 e. The fourth-order valence-electron chi connectivity index (χ4n) is 1.49. The van der Waals surface area contributed by atoms with Crippen molar-refractivity contribution in [1.82, 2.24) is 5.32 Å². The lowest BCUT2D eigenvalue weighted by Crippen LogP contribution is -2.71. The Morgan fingerprint density at radius 2 is 1.94 bits per heavy atom. The van der Waals surface area contributed by atoms with Crippen LogP contribution in [0.15, 0.2) is 0 Å². The van der Waals surface area contributed by atoms with Crippen LogP contribution in [0.4, 0.5) is 0 Å². The molecule has 1 fully saturated rings. The summed E-state index contributed by atoms with van der Waals surface area (Å²) in [5.74, 6) is -3.17. The predicted octanol–water partition coefficient (Wildman–Crippen LogP) is -3.34. The molecule has 0 spiro atoms. The number of aliphatic hydroxyl groups is 5. The summed E-state index contributed by atoms with van der Waals surface area (Å²) in [6.45, 7) is -0.687. The van der Waals surface area contributed by atoms with Crippen LogP contribution in [-0.4, -0.2) is 72.8 Å². The fraction of sp³-hybridized carbons (Fsp3) is 0.875. The van der Waals surface area contributed by atoms with Gasteiger partial charge in [0.2, 0.25) is 5.91 Å². The number of halogens is 1. The Morgan fingerprint density at radius 1 is 1.35 bits per heavy atom. The van der Waals surface area contributed by atoms with E-state index in [2.05, 4.69) is 0 Å². The van der Waals surface area contributed by atoms with Gasteiger partial charge in [0.25, 0.3) is 5.91 Å². The van der Waals surface area contributed by atoms with Crippen LogP contribution >= 0.6 is 22.6 Å². The maximum absolute atomic E-state index is 11.1. The first kappa shape index (κ1) is 15.0. The van der Waals surface area contributed by atoms with Crippen molar-refractivity contribution >= 4 is 28.5 Å². The Bertz CT molecular complexity index is 289. The summed E-state index contributed by atoms with van der Waals surface area (Å²) in [6, 6.07) is 0. The number of aliphatic hydroxyl groups excluding tert-OH is 4. The minimum Gasteiger partial charge on any atom is -0.394 e. The molecule has 0 aliphatic carbocycles. The van der Waals surface area contributed by atoms with E-state index in [0.717, 1.165) is 0 Å². The Balaban J connectivity index is 2.86. The average molecular weight is 363 g/mol. The van der Waals surface area contributed by atoms with Crippen LogP contribution in [0.25, 0.3) is 0 Å². The van der Waals surface area contributed by atoms with E-state index in [1.165, 1.54) is 0 Å². The monoisotopic (exact) mass is 363 g/mol. The van der Waals surface area contributed by atoms with Crippen LogP contribution in [0, 0.1) is 0 Å². The standard InChI is InChI=1S/C8H14INO7/c9-1-4(12)10-8(16)7(15)6(14)5(13)3(2-11)17-8/h3,5-7,11,13-16H,1-2H2,(H,10,12). The highest BCUT2D eigenvalue weighted by atomic mass is 127. The quantitative estimate of drug-likeness (QED) is 0.175. The summed E-state index contributed by atoms with van der Waals surface area (Å²) in [6.07, 6.45) is -6.55. The Kier molecular flexibility index (Phi) is 5.07. The van der Waals surface area contributed by atoms with Crippen molar-refractivity contribution in [3.05, 3.63) is 0 Å². The highest BCUT2D eigenvalue weighted by molar-refractivity contribution is 14.1. The molecule has 6 N–H and O–H groups in total. The van der Waals surface area contributed by atoms with Crippen molar-refractivity contribution in [3.63, 3.8) is 0 Å². The van der Waals surface area contributed by atoms with Crippen molar-refractivity contribution in [2.45, 2.75) is 30.3 Å². The summed E-state index contributed by atoms with van der Waals surface area (Å²) >= 11 is 1.73. The van der Waals surface area contributed by atoms with Gasteiger partial charge >= 0.3 is 0 Å². The number of rotatable bonds is 3. The van der Waals surface area contributed by atoms with E-state index in [9.17, 15) is 25.2 Å². The van der Waals surface area contributed by atoms with Crippen LogP contribution in [0.3, 0.4) is 0 Å². The molecule has 1 aliphatic heterocycles. The molecule has 5 unspecified atom stereocenters. The number of ether oxygens (including phenoxy) is 1. The maximum Gasteiger partial charge on any atom is 0.279 e. The zero-order valence-electron chi connectivity index (χ0n) is 8.65. The van der Waals surface area contributed by atoms with Crippen LogP contribution in [0.2, 0.25) is 0 Å². The molecule has 0 saturated carbocycles. The van der Waals surface area contributed by atoms with Gasteiger partial charge in [0.15, 0.2) is 6.10 Å². The average Bonchev–Trinajstić information content (AvgIpc) is 2.31. The van der Waals surface area contributed by atoms with Gasteiger partial charge in [0, 0.05) is 0 Å². The number of carbonyl (C=O) groups is 1. The number of nitrogens with one attached hydrogen (secondary N) is 1. The zero-order valence-corrected chi connectivity index (χ0v) is 10.8. The number of alkyl halides is 1. The number of hydrogen-bond acceptors (Lipinski definition) is 7. The van der Waals surface area contributed by atoms with E-state index in [1.807, 2.05) is 5.32 Å². The van der Waals surface area contributed by atoms with Crippen LogP contribution < -0.4 is 5.32 Å². The molecule has 9 heteroatoms. The van der Waals surface area contributed by atoms with Gasteiger partial charge in [-0.2, -0.15) is 0 Å². The molecule has 1 saturated heterocycles. The lowest BCUT2D eigenvalue weighted by atomic mass is 9.96. The fourth-order valence-corrected chi connectivity index (χ4v) is 1.68. The zero-order chi connectivity index (χ0) is 13.2. The highest BCUT2D eigenvalue weighted by Crippen LogP contribution is 2.26. The number of hydrogen-bond donors (Lipinski definition) is 6. The third-order valence-corrected chi connectivity index (χ3v) is 3.10. The lowest BCUT2D eigenvalue weighted by molar-refractivity contribution is -0.358. The van der Waals surface area contributed by atoms with Gasteiger partial charge < -0.3 is 35.6 Å². The van der Waals surface area contributed by atoms with Crippen LogP contribution in [-0.2, 0) is 9.53 Å². The molecule has 8 nitrogen and oxygen atoms in total. The third kappa shape index (κ3) is 3.05. The largest absolute Gasteiger partial charge is 0.394 e. The molecular formula is C8H14INO7. The summed E-state index contributed by atoms with van der Waals surface area (Å²) in [7, 11) is 0. The topological polar surface area (TPSA) is 139 Å². The number of amides is 1. The SMILES string of the molecule is O=C(CI)NC1(O)OC(CO)C(O)C(O)C1O. The van der Waals surface area contributed by atoms with E-state index in [1.54, 1.807) is 22.6 Å². The molecule has 17 heavy (non-hydrogen) atoms. The van der Waals surface area contributed by atoms with E-state index in [0.29, 0.717) is 0 Å². The Morgan fingerprint density at radius 3 is 2.41 bits per heavy atom. The molecule has 0 bridgehead atoms. The molecule has 1 rings (SSSR count). The molecule has 0 aromatic carbocycles. The summed E-state index contributed by atoms with van der Waals surface area (Å²) in [4.78, 5) is 11.1. The molecule has 1 heterocycles. The first-order valence-electron chi connectivity index (χ1n) is 4.78. The van der Waals surface area contributed by atoms with Gasteiger partial charge in [0.1, 0.15) is 18.3 Å². The summed E-state index contributed by atoms with van der Waals surface area (Å²) < 4.78 is 4.80. The first-order chi connectivity index (χ1) is 7.85. The van der Waals surface area contributed by atoms with Crippen molar-refractivity contribution in [1.29, 1.82) is 0 Å². The normalized spacial score (nSPS) is 42.2. The van der Waals surface area contributed by atoms with Crippen LogP contribution in [0.1, 0.15) is 0 Å². The molecule has 1 amide bonds. The minimum absolute atomic E-state index is 0.00140. The molecule has 0 aromatic heterocycles. The van der Waals surface area contributed by atoms with E-state index >= 15 is 0 Å². The predicted molar refractivity (Wildman–Crippen MR) is 62.0 cm³/mol. The molecule has 0 aromatic rings. The van der Waals surface area contributed by atoms with Crippen LogP contribution in [0.5, 0.6) is 0 Å². The second-order valence-electron chi connectivity index (χ2n) is 3.64. The van der Waals surface area contributed by atoms with Gasteiger partial charge in [-0.3, -0.25) is 4.79 Å². The first-order valence-corrected chi connectivity index (χ1v) is 6.30. The second-order valence-corrected chi connectivity index (χ2v) is 4.41.